The molecule has 0 aliphatic rings. The summed E-state index contributed by atoms with van der Waals surface area (Å²) in [4.78, 5) is 36.2. The third-order valence-corrected chi connectivity index (χ3v) is 4.59. The molecule has 1 atom stereocenters. The van der Waals surface area contributed by atoms with Crippen LogP contribution in [0.2, 0.25) is 0 Å². The molecule has 0 bridgehead atoms. The van der Waals surface area contributed by atoms with E-state index in [1.165, 1.54) is 6.92 Å². The minimum Gasteiger partial charge on any atom is -0.368 e. The number of hydrogen-bond donors (Lipinski definition) is 2. The summed E-state index contributed by atoms with van der Waals surface area (Å²) in [6.45, 7) is 3.26. The number of primary amides is 1. The van der Waals surface area contributed by atoms with Gasteiger partial charge in [-0.2, -0.15) is 0 Å². The van der Waals surface area contributed by atoms with Crippen molar-refractivity contribution in [1.29, 1.82) is 0 Å². The molecule has 0 aliphatic carbocycles. The van der Waals surface area contributed by atoms with Crippen molar-refractivity contribution in [2.75, 3.05) is 0 Å². The first kappa shape index (κ1) is 19.4. The highest BCUT2D eigenvalue weighted by Gasteiger charge is 2.38. The van der Waals surface area contributed by atoms with E-state index >= 15 is 0 Å². The van der Waals surface area contributed by atoms with Crippen LogP contribution in [-0.2, 0) is 19.8 Å². The van der Waals surface area contributed by atoms with Crippen LogP contribution in [0.5, 0.6) is 0 Å². The van der Waals surface area contributed by atoms with Crippen LogP contribution in [0.15, 0.2) is 60.7 Å². The maximum absolute atomic E-state index is 13.2. The van der Waals surface area contributed by atoms with Gasteiger partial charge in [-0.1, -0.05) is 60.7 Å². The van der Waals surface area contributed by atoms with Crippen molar-refractivity contribution in [3.05, 3.63) is 71.8 Å². The molecule has 3 N–H and O–H groups in total. The Kier molecular flexibility index (Phi) is 6.28. The Morgan fingerprint density at radius 1 is 0.962 bits per heavy atom. The Hall–Kier alpha value is -2.95. The molecule has 0 fully saturated rings. The fourth-order valence-corrected chi connectivity index (χ4v) is 2.91. The number of ketones is 1. The molecule has 0 spiro atoms. The van der Waals surface area contributed by atoms with Crippen molar-refractivity contribution in [2.24, 2.45) is 5.73 Å². The Morgan fingerprint density at radius 2 is 1.42 bits per heavy atom. The summed E-state index contributed by atoms with van der Waals surface area (Å²) >= 11 is 0. The number of nitrogens with two attached hydrogens (primary N) is 1. The van der Waals surface area contributed by atoms with Gasteiger partial charge in [-0.05, 0) is 31.4 Å². The Balaban J connectivity index is 2.38. The molecule has 0 aliphatic heterocycles. The highest BCUT2D eigenvalue weighted by atomic mass is 16.2. The van der Waals surface area contributed by atoms with E-state index in [9.17, 15) is 14.4 Å². The number of benzene rings is 2. The highest BCUT2D eigenvalue weighted by Crippen LogP contribution is 2.32. The standard InChI is InChI=1S/C21H24N2O3/c1-15(24)13-14-18(19(22)25)23-20(26)21(2,16-9-5-3-6-10-16)17-11-7-4-8-12-17/h3-12,18H,13-14H2,1-2H3,(H2,22,25)(H,23,26)/t18-/m0/s1. The van der Waals surface area contributed by atoms with Crippen LogP contribution in [0.25, 0.3) is 0 Å². The number of carbonyl (C=O) groups is 3. The van der Waals surface area contributed by atoms with Crippen LogP contribution in [0.4, 0.5) is 0 Å². The average Bonchev–Trinajstić information content (AvgIpc) is 2.65. The van der Waals surface area contributed by atoms with Crippen LogP contribution in [0.1, 0.15) is 37.8 Å². The van der Waals surface area contributed by atoms with Gasteiger partial charge in [0.2, 0.25) is 11.8 Å². The summed E-state index contributed by atoms with van der Waals surface area (Å²) in [6.07, 6.45) is 0.372. The molecule has 26 heavy (non-hydrogen) atoms. The summed E-state index contributed by atoms with van der Waals surface area (Å²) < 4.78 is 0. The van der Waals surface area contributed by atoms with E-state index in [0.29, 0.717) is 0 Å². The van der Waals surface area contributed by atoms with E-state index < -0.39 is 17.4 Å². The topological polar surface area (TPSA) is 89.3 Å². The third kappa shape index (κ3) is 4.36. The summed E-state index contributed by atoms with van der Waals surface area (Å²) in [6, 6.07) is 17.8. The number of hydrogen-bond acceptors (Lipinski definition) is 3. The lowest BCUT2D eigenvalue weighted by Crippen LogP contribution is -2.51. The highest BCUT2D eigenvalue weighted by molar-refractivity contribution is 5.95. The molecule has 0 aromatic heterocycles. The van der Waals surface area contributed by atoms with E-state index in [1.54, 1.807) is 0 Å². The second-order valence-corrected chi connectivity index (χ2v) is 6.53. The summed E-state index contributed by atoms with van der Waals surface area (Å²) in [7, 11) is 0. The van der Waals surface area contributed by atoms with Gasteiger partial charge >= 0.3 is 0 Å². The van der Waals surface area contributed by atoms with Gasteiger partial charge in [0.15, 0.2) is 0 Å². The number of nitrogens with one attached hydrogen (secondary N) is 1. The number of amides is 2. The maximum atomic E-state index is 13.2. The second-order valence-electron chi connectivity index (χ2n) is 6.53. The van der Waals surface area contributed by atoms with Crippen LogP contribution >= 0.6 is 0 Å². The van der Waals surface area contributed by atoms with Gasteiger partial charge in [0.1, 0.15) is 11.8 Å². The molecule has 0 saturated heterocycles. The predicted octanol–water partition coefficient (Wildman–Crippen LogP) is 2.33. The minimum atomic E-state index is -0.994. The lowest BCUT2D eigenvalue weighted by atomic mass is 9.75. The molecular formula is C21H24N2O3. The fraction of sp³-hybridized carbons (Fsp3) is 0.286. The quantitative estimate of drug-likeness (QED) is 0.764. The van der Waals surface area contributed by atoms with Gasteiger partial charge in [-0.15, -0.1) is 0 Å². The predicted molar refractivity (Wildman–Crippen MR) is 100 cm³/mol. The van der Waals surface area contributed by atoms with Crippen LogP contribution in [0.3, 0.4) is 0 Å². The molecule has 0 unspecified atom stereocenters. The molecule has 0 heterocycles. The number of rotatable bonds is 8. The normalized spacial score (nSPS) is 12.2. The molecule has 136 valence electrons. The van der Waals surface area contributed by atoms with Gasteiger partial charge in [0.05, 0.1) is 5.41 Å². The van der Waals surface area contributed by atoms with E-state index in [1.807, 2.05) is 67.6 Å². The van der Waals surface area contributed by atoms with E-state index in [2.05, 4.69) is 5.32 Å². The first-order chi connectivity index (χ1) is 12.4. The summed E-state index contributed by atoms with van der Waals surface area (Å²) in [5.74, 6) is -1.04. The smallest absolute Gasteiger partial charge is 0.240 e. The molecule has 2 amide bonds. The largest absolute Gasteiger partial charge is 0.368 e. The molecular weight excluding hydrogens is 328 g/mol. The molecule has 0 radical (unpaired) electrons. The van der Waals surface area contributed by atoms with Gasteiger partial charge in [0.25, 0.3) is 0 Å². The van der Waals surface area contributed by atoms with Crippen LogP contribution in [-0.4, -0.2) is 23.6 Å². The zero-order valence-electron chi connectivity index (χ0n) is 15.1. The minimum absolute atomic E-state index is 0.0561. The van der Waals surface area contributed by atoms with Crippen molar-refractivity contribution < 1.29 is 14.4 Å². The third-order valence-electron chi connectivity index (χ3n) is 4.59. The first-order valence-electron chi connectivity index (χ1n) is 8.56. The van der Waals surface area contributed by atoms with E-state index in [4.69, 9.17) is 5.73 Å². The number of carbonyl (C=O) groups excluding carboxylic acids is 3. The maximum Gasteiger partial charge on any atom is 0.240 e. The molecule has 5 heteroatoms. The molecule has 0 saturated carbocycles. The average molecular weight is 352 g/mol. The lowest BCUT2D eigenvalue weighted by molar-refractivity contribution is -0.130. The van der Waals surface area contributed by atoms with Crippen LogP contribution in [0, 0.1) is 0 Å². The van der Waals surface area contributed by atoms with Crippen molar-refractivity contribution in [3.8, 4) is 0 Å². The molecule has 2 rings (SSSR count). The molecule has 5 nitrogen and oxygen atoms in total. The SMILES string of the molecule is CC(=O)CC[C@H](NC(=O)C(C)(c1ccccc1)c1ccccc1)C(N)=O. The van der Waals surface area contributed by atoms with Crippen LogP contribution < -0.4 is 11.1 Å². The summed E-state index contributed by atoms with van der Waals surface area (Å²) in [5.41, 5.74) is 6.04. The van der Waals surface area contributed by atoms with E-state index in [0.717, 1.165) is 11.1 Å². The lowest BCUT2D eigenvalue weighted by Gasteiger charge is -2.31. The Bertz CT molecular complexity index is 733. The zero-order chi connectivity index (χ0) is 19.2. The molecule has 2 aromatic rings. The fourth-order valence-electron chi connectivity index (χ4n) is 2.91. The molecule has 2 aromatic carbocycles. The van der Waals surface area contributed by atoms with Gasteiger partial charge in [-0.25, -0.2) is 0 Å². The van der Waals surface area contributed by atoms with Gasteiger partial charge in [0, 0.05) is 6.42 Å². The monoisotopic (exact) mass is 352 g/mol. The zero-order valence-corrected chi connectivity index (χ0v) is 15.1. The Morgan fingerprint density at radius 3 is 1.81 bits per heavy atom. The van der Waals surface area contributed by atoms with E-state index in [-0.39, 0.29) is 24.5 Å². The van der Waals surface area contributed by atoms with Crippen molar-refractivity contribution in [2.45, 2.75) is 38.1 Å². The summed E-state index contributed by atoms with van der Waals surface area (Å²) in [5, 5.41) is 2.74. The number of Topliss-reactive ketones (excluding diaryl/α,β-unsaturated/α-hetero) is 1. The van der Waals surface area contributed by atoms with Gasteiger partial charge < -0.3 is 15.8 Å². The van der Waals surface area contributed by atoms with Crippen molar-refractivity contribution in [3.63, 3.8) is 0 Å². The van der Waals surface area contributed by atoms with Crippen molar-refractivity contribution >= 4 is 17.6 Å². The van der Waals surface area contributed by atoms with Gasteiger partial charge in [-0.3, -0.25) is 9.59 Å². The second kappa shape index (κ2) is 8.43. The first-order valence-corrected chi connectivity index (χ1v) is 8.56. The Labute approximate surface area is 153 Å². The van der Waals surface area contributed by atoms with Crippen molar-refractivity contribution in [1.82, 2.24) is 5.32 Å².